The molecule has 2 aromatic rings. The van der Waals surface area contributed by atoms with E-state index in [-0.39, 0.29) is 0 Å². The molecule has 1 aromatic heterocycles. The second-order valence-electron chi connectivity index (χ2n) is 6.53. The number of hydrogen-bond donors (Lipinski definition) is 1. The highest BCUT2D eigenvalue weighted by Crippen LogP contribution is 2.37. The number of amides is 1. The molecule has 1 aliphatic heterocycles. The van der Waals surface area contributed by atoms with Gasteiger partial charge in [0, 0.05) is 44.3 Å². The molecule has 7 heteroatoms. The lowest BCUT2D eigenvalue weighted by Gasteiger charge is -2.38. The van der Waals surface area contributed by atoms with E-state index in [0.29, 0.717) is 24.7 Å². The summed E-state index contributed by atoms with van der Waals surface area (Å²) in [5.74, 6) is 0.691. The molecule has 0 aliphatic carbocycles. The number of nitrogens with zero attached hydrogens (tertiary/aromatic N) is 3. The fourth-order valence-corrected chi connectivity index (χ4v) is 3.27. The standard InChI is InChI=1S/C21H28N4O3/c1-3-16-28-21(26)23-18-6-5-7-19(20(18)27-4-2)25-14-12-24(13-15-25)17-8-10-22-11-9-17/h5-11H,3-4,12-16H2,1-2H3,(H,23,26). The monoisotopic (exact) mass is 384 g/mol. The van der Waals surface area contributed by atoms with Crippen LogP contribution >= 0.6 is 0 Å². The summed E-state index contributed by atoms with van der Waals surface area (Å²) in [6.07, 6.45) is 3.97. The summed E-state index contributed by atoms with van der Waals surface area (Å²) >= 11 is 0. The Morgan fingerprint density at radius 1 is 1.07 bits per heavy atom. The Labute approximate surface area is 166 Å². The Kier molecular flexibility index (Phi) is 6.94. The molecule has 0 unspecified atom stereocenters. The van der Waals surface area contributed by atoms with Gasteiger partial charge in [-0.15, -0.1) is 0 Å². The largest absolute Gasteiger partial charge is 0.490 e. The number of benzene rings is 1. The highest BCUT2D eigenvalue weighted by Gasteiger charge is 2.22. The molecular weight excluding hydrogens is 356 g/mol. The van der Waals surface area contributed by atoms with Gasteiger partial charge in [-0.1, -0.05) is 13.0 Å². The Hall–Kier alpha value is -2.96. The van der Waals surface area contributed by atoms with Crippen LogP contribution in [0.2, 0.25) is 0 Å². The van der Waals surface area contributed by atoms with Crippen LogP contribution in [0.25, 0.3) is 0 Å². The van der Waals surface area contributed by atoms with Gasteiger partial charge in [0.15, 0.2) is 5.75 Å². The topological polar surface area (TPSA) is 66.9 Å². The molecule has 1 aliphatic rings. The highest BCUT2D eigenvalue weighted by atomic mass is 16.5. The summed E-state index contributed by atoms with van der Waals surface area (Å²) in [6.45, 7) is 8.37. The molecular formula is C21H28N4O3. The Morgan fingerprint density at radius 2 is 1.79 bits per heavy atom. The number of hydrogen-bond acceptors (Lipinski definition) is 6. The van der Waals surface area contributed by atoms with Crippen molar-refractivity contribution in [3.8, 4) is 5.75 Å². The zero-order valence-electron chi connectivity index (χ0n) is 16.6. The van der Waals surface area contributed by atoms with E-state index in [1.54, 1.807) is 0 Å². The van der Waals surface area contributed by atoms with Gasteiger partial charge in [-0.3, -0.25) is 10.3 Å². The van der Waals surface area contributed by atoms with Crippen molar-refractivity contribution in [3.63, 3.8) is 0 Å². The van der Waals surface area contributed by atoms with Crippen molar-refractivity contribution in [2.24, 2.45) is 0 Å². The minimum Gasteiger partial charge on any atom is -0.490 e. The van der Waals surface area contributed by atoms with Crippen molar-refractivity contribution in [2.45, 2.75) is 20.3 Å². The number of nitrogens with one attached hydrogen (secondary N) is 1. The fraction of sp³-hybridized carbons (Fsp3) is 0.429. The fourth-order valence-electron chi connectivity index (χ4n) is 3.27. The molecule has 3 rings (SSSR count). The number of carbonyl (C=O) groups excluding carboxylic acids is 1. The van der Waals surface area contributed by atoms with Crippen LogP contribution in [0.4, 0.5) is 21.9 Å². The first kappa shape index (κ1) is 19.8. The van der Waals surface area contributed by atoms with Crippen LogP contribution in [0.1, 0.15) is 20.3 Å². The SMILES string of the molecule is CCCOC(=O)Nc1cccc(N2CCN(c3ccncc3)CC2)c1OCC. The van der Waals surface area contributed by atoms with E-state index in [2.05, 4.69) is 20.1 Å². The third kappa shape index (κ3) is 4.85. The zero-order chi connectivity index (χ0) is 19.8. The summed E-state index contributed by atoms with van der Waals surface area (Å²) in [4.78, 5) is 20.7. The van der Waals surface area contributed by atoms with Crippen molar-refractivity contribution >= 4 is 23.2 Å². The van der Waals surface area contributed by atoms with E-state index in [1.165, 1.54) is 5.69 Å². The molecule has 0 radical (unpaired) electrons. The first-order valence-corrected chi connectivity index (χ1v) is 9.82. The van der Waals surface area contributed by atoms with E-state index >= 15 is 0 Å². The van der Waals surface area contributed by atoms with Crippen molar-refractivity contribution < 1.29 is 14.3 Å². The third-order valence-electron chi connectivity index (χ3n) is 4.61. The number of rotatable bonds is 7. The van der Waals surface area contributed by atoms with E-state index < -0.39 is 6.09 Å². The average molecular weight is 384 g/mol. The maximum absolute atomic E-state index is 12.0. The lowest BCUT2D eigenvalue weighted by Crippen LogP contribution is -2.46. The first-order valence-electron chi connectivity index (χ1n) is 9.82. The molecule has 28 heavy (non-hydrogen) atoms. The van der Waals surface area contributed by atoms with Crippen molar-refractivity contribution in [3.05, 3.63) is 42.7 Å². The van der Waals surface area contributed by atoms with Crippen LogP contribution in [-0.4, -0.2) is 50.5 Å². The van der Waals surface area contributed by atoms with Crippen LogP contribution in [0.15, 0.2) is 42.7 Å². The van der Waals surface area contributed by atoms with Crippen LogP contribution in [-0.2, 0) is 4.74 Å². The first-order chi connectivity index (χ1) is 13.7. The molecule has 1 aromatic carbocycles. The lowest BCUT2D eigenvalue weighted by atomic mass is 10.2. The number of piperazine rings is 1. The zero-order valence-corrected chi connectivity index (χ0v) is 16.6. The number of carbonyl (C=O) groups is 1. The summed E-state index contributed by atoms with van der Waals surface area (Å²) in [7, 11) is 0. The summed E-state index contributed by atoms with van der Waals surface area (Å²) in [5, 5.41) is 2.81. The minimum atomic E-state index is -0.456. The number of aromatic nitrogens is 1. The molecule has 1 fully saturated rings. The molecule has 1 saturated heterocycles. The van der Waals surface area contributed by atoms with Crippen molar-refractivity contribution in [2.75, 3.05) is 54.5 Å². The summed E-state index contributed by atoms with van der Waals surface area (Å²) in [5.41, 5.74) is 2.82. The molecule has 1 N–H and O–H groups in total. The van der Waals surface area contributed by atoms with Crippen molar-refractivity contribution in [1.29, 1.82) is 0 Å². The van der Waals surface area contributed by atoms with Crippen LogP contribution in [0, 0.1) is 0 Å². The summed E-state index contributed by atoms with van der Waals surface area (Å²) in [6, 6.07) is 9.88. The molecule has 1 amide bonds. The van der Waals surface area contributed by atoms with Gasteiger partial charge in [0.25, 0.3) is 0 Å². The molecule has 0 saturated carbocycles. The van der Waals surface area contributed by atoms with Crippen LogP contribution in [0.5, 0.6) is 5.75 Å². The quantitative estimate of drug-likeness (QED) is 0.784. The van der Waals surface area contributed by atoms with E-state index in [4.69, 9.17) is 9.47 Å². The average Bonchev–Trinajstić information content (AvgIpc) is 2.74. The maximum atomic E-state index is 12.0. The Balaban J connectivity index is 1.72. The van der Waals surface area contributed by atoms with E-state index in [1.807, 2.05) is 56.6 Å². The van der Waals surface area contributed by atoms with Gasteiger partial charge in [0.1, 0.15) is 0 Å². The molecule has 0 atom stereocenters. The van der Waals surface area contributed by atoms with Gasteiger partial charge in [0.2, 0.25) is 0 Å². The normalized spacial score (nSPS) is 13.9. The van der Waals surface area contributed by atoms with Crippen LogP contribution in [0.3, 0.4) is 0 Å². The van der Waals surface area contributed by atoms with Crippen molar-refractivity contribution in [1.82, 2.24) is 4.98 Å². The van der Waals surface area contributed by atoms with Gasteiger partial charge in [-0.2, -0.15) is 0 Å². The van der Waals surface area contributed by atoms with Gasteiger partial charge in [-0.25, -0.2) is 4.79 Å². The molecule has 150 valence electrons. The van der Waals surface area contributed by atoms with E-state index in [0.717, 1.165) is 38.3 Å². The molecule has 7 nitrogen and oxygen atoms in total. The van der Waals surface area contributed by atoms with Crippen LogP contribution < -0.4 is 19.9 Å². The number of ether oxygens (including phenoxy) is 2. The second-order valence-corrected chi connectivity index (χ2v) is 6.53. The lowest BCUT2D eigenvalue weighted by molar-refractivity contribution is 0.161. The molecule has 0 spiro atoms. The third-order valence-corrected chi connectivity index (χ3v) is 4.61. The maximum Gasteiger partial charge on any atom is 0.411 e. The number of anilines is 3. The second kappa shape index (κ2) is 9.82. The summed E-state index contributed by atoms with van der Waals surface area (Å²) < 4.78 is 11.1. The van der Waals surface area contributed by atoms with Gasteiger partial charge >= 0.3 is 6.09 Å². The number of para-hydroxylation sites is 1. The molecule has 2 heterocycles. The predicted octanol–water partition coefficient (Wildman–Crippen LogP) is 3.77. The Morgan fingerprint density at radius 3 is 2.46 bits per heavy atom. The Bertz CT molecular complexity index is 762. The predicted molar refractivity (Wildman–Crippen MR) is 112 cm³/mol. The van der Waals surface area contributed by atoms with Gasteiger partial charge < -0.3 is 19.3 Å². The smallest absolute Gasteiger partial charge is 0.411 e. The van der Waals surface area contributed by atoms with E-state index in [9.17, 15) is 4.79 Å². The highest BCUT2D eigenvalue weighted by molar-refractivity contribution is 5.89. The minimum absolute atomic E-state index is 0.395. The van der Waals surface area contributed by atoms with Gasteiger partial charge in [0.05, 0.1) is 24.6 Å². The number of pyridine rings is 1. The van der Waals surface area contributed by atoms with Gasteiger partial charge in [-0.05, 0) is 37.6 Å². The molecule has 0 bridgehead atoms.